The number of carboxylic acid groups (broad SMARTS) is 1. The molecule has 0 aliphatic heterocycles. The summed E-state index contributed by atoms with van der Waals surface area (Å²) in [6.07, 6.45) is 0.821. The number of aliphatic carboxylic acids is 1. The van der Waals surface area contributed by atoms with Crippen molar-refractivity contribution in [2.45, 2.75) is 25.7 Å². The van der Waals surface area contributed by atoms with Crippen molar-refractivity contribution in [2.24, 2.45) is 5.92 Å². The van der Waals surface area contributed by atoms with Gasteiger partial charge in [0.2, 0.25) is 5.91 Å². The number of hydrogen-bond acceptors (Lipinski definition) is 5. The lowest BCUT2D eigenvalue weighted by Gasteiger charge is -2.18. The van der Waals surface area contributed by atoms with E-state index in [1.807, 2.05) is 31.2 Å². The van der Waals surface area contributed by atoms with Gasteiger partial charge in [0.15, 0.2) is 0 Å². The average molecular weight is 455 g/mol. The zero-order valence-corrected chi connectivity index (χ0v) is 18.7. The molecule has 3 rings (SSSR count). The number of carbonyl (C=O) groups is 3. The van der Waals surface area contributed by atoms with Crippen LogP contribution >= 0.6 is 0 Å². The minimum absolute atomic E-state index is 0.0244. The van der Waals surface area contributed by atoms with Gasteiger partial charge in [-0.1, -0.05) is 61.9 Å². The van der Waals surface area contributed by atoms with Gasteiger partial charge in [0, 0.05) is 19.0 Å². The Labute approximate surface area is 193 Å². The zero-order chi connectivity index (χ0) is 23.6. The molecule has 2 amide bonds. The van der Waals surface area contributed by atoms with Crippen molar-refractivity contribution in [1.82, 2.24) is 10.6 Å². The van der Waals surface area contributed by atoms with Gasteiger partial charge in [-0.15, -0.1) is 0 Å². The van der Waals surface area contributed by atoms with Crippen molar-refractivity contribution in [3.8, 4) is 11.1 Å². The molecule has 8 nitrogen and oxygen atoms in total. The second kappa shape index (κ2) is 12.0. The first-order chi connectivity index (χ1) is 16.0. The molecule has 1 aliphatic rings. The molecule has 176 valence electrons. The average Bonchev–Trinajstić information content (AvgIpc) is 3.13. The number of alkyl carbamates (subject to hydrolysis) is 1. The number of carboxylic acids is 1. The molecule has 0 spiro atoms. The number of amides is 2. The molecule has 33 heavy (non-hydrogen) atoms. The van der Waals surface area contributed by atoms with Crippen molar-refractivity contribution in [2.75, 3.05) is 32.9 Å². The van der Waals surface area contributed by atoms with Gasteiger partial charge >= 0.3 is 12.1 Å². The third-order valence-electron chi connectivity index (χ3n) is 5.62. The van der Waals surface area contributed by atoms with Crippen LogP contribution in [-0.2, 0) is 19.1 Å². The van der Waals surface area contributed by atoms with Crippen LogP contribution in [0, 0.1) is 5.92 Å². The second-order valence-corrected chi connectivity index (χ2v) is 7.93. The van der Waals surface area contributed by atoms with E-state index in [2.05, 4.69) is 34.9 Å². The quantitative estimate of drug-likeness (QED) is 0.425. The van der Waals surface area contributed by atoms with Gasteiger partial charge in [-0.3, -0.25) is 4.79 Å². The lowest BCUT2D eigenvalue weighted by atomic mass is 9.98. The highest BCUT2D eigenvalue weighted by Gasteiger charge is 2.29. The molecular weight excluding hydrogens is 424 g/mol. The molecule has 0 heterocycles. The summed E-state index contributed by atoms with van der Waals surface area (Å²) in [5.41, 5.74) is 4.60. The van der Waals surface area contributed by atoms with E-state index in [0.717, 1.165) is 28.7 Å². The van der Waals surface area contributed by atoms with Gasteiger partial charge in [-0.2, -0.15) is 0 Å². The number of hydrogen-bond donors (Lipinski definition) is 3. The maximum Gasteiger partial charge on any atom is 0.407 e. The fourth-order valence-electron chi connectivity index (χ4n) is 4.08. The van der Waals surface area contributed by atoms with Crippen LogP contribution in [0.2, 0.25) is 0 Å². The molecule has 2 aromatic rings. The van der Waals surface area contributed by atoms with E-state index in [1.54, 1.807) is 0 Å². The SMILES string of the molecule is CCCC(CNC(=O)OCC1c2ccccc2-c2ccccc21)C(=O)NCCOCC(=O)O. The molecule has 0 fully saturated rings. The fourth-order valence-corrected chi connectivity index (χ4v) is 4.08. The van der Waals surface area contributed by atoms with Gasteiger partial charge in [0.25, 0.3) is 0 Å². The fraction of sp³-hybridized carbons (Fsp3) is 0.400. The molecule has 1 unspecified atom stereocenters. The lowest BCUT2D eigenvalue weighted by molar-refractivity contribution is -0.142. The Morgan fingerprint density at radius 3 is 2.24 bits per heavy atom. The molecule has 0 aromatic heterocycles. The van der Waals surface area contributed by atoms with Crippen LogP contribution < -0.4 is 10.6 Å². The second-order valence-electron chi connectivity index (χ2n) is 7.93. The van der Waals surface area contributed by atoms with Gasteiger partial charge < -0.3 is 25.2 Å². The molecule has 2 aromatic carbocycles. The predicted octanol–water partition coefficient (Wildman–Crippen LogP) is 3.16. The first-order valence-corrected chi connectivity index (χ1v) is 11.2. The number of fused-ring (bicyclic) bond motifs is 3. The highest BCUT2D eigenvalue weighted by molar-refractivity contribution is 5.80. The Balaban J connectivity index is 1.48. The van der Waals surface area contributed by atoms with E-state index in [9.17, 15) is 14.4 Å². The standard InChI is InChI=1S/C25H30N2O6/c1-2-7-17(24(30)26-12-13-32-16-23(28)29)14-27-25(31)33-15-22-20-10-5-3-8-18(20)19-9-4-6-11-21(19)22/h3-6,8-11,17,22H,2,7,12-16H2,1H3,(H,26,30)(H,27,31)(H,28,29). The number of ether oxygens (including phenoxy) is 2. The van der Waals surface area contributed by atoms with Crippen LogP contribution in [0.5, 0.6) is 0 Å². The highest BCUT2D eigenvalue weighted by Crippen LogP contribution is 2.44. The van der Waals surface area contributed by atoms with E-state index < -0.39 is 24.6 Å². The summed E-state index contributed by atoms with van der Waals surface area (Å²) < 4.78 is 10.4. The summed E-state index contributed by atoms with van der Waals surface area (Å²) in [6.45, 7) is 2.24. The number of carbonyl (C=O) groups excluding carboxylic acids is 2. The van der Waals surface area contributed by atoms with Crippen molar-refractivity contribution < 1.29 is 29.0 Å². The summed E-state index contributed by atoms with van der Waals surface area (Å²) in [5.74, 6) is -1.70. The zero-order valence-electron chi connectivity index (χ0n) is 18.7. The van der Waals surface area contributed by atoms with E-state index in [1.165, 1.54) is 0 Å². The number of nitrogens with one attached hydrogen (secondary N) is 2. The predicted molar refractivity (Wildman–Crippen MR) is 123 cm³/mol. The lowest BCUT2D eigenvalue weighted by Crippen LogP contribution is -2.40. The molecule has 3 N–H and O–H groups in total. The third kappa shape index (κ3) is 6.55. The molecule has 0 bridgehead atoms. The van der Waals surface area contributed by atoms with Crippen LogP contribution in [0.25, 0.3) is 11.1 Å². The Hall–Kier alpha value is -3.39. The van der Waals surface area contributed by atoms with Crippen molar-refractivity contribution in [3.63, 3.8) is 0 Å². The van der Waals surface area contributed by atoms with E-state index in [-0.39, 0.29) is 38.1 Å². The summed E-state index contributed by atoms with van der Waals surface area (Å²) in [7, 11) is 0. The number of rotatable bonds is 12. The molecule has 1 atom stereocenters. The molecule has 0 saturated carbocycles. The van der Waals surface area contributed by atoms with Crippen molar-refractivity contribution >= 4 is 18.0 Å². The Morgan fingerprint density at radius 2 is 1.64 bits per heavy atom. The third-order valence-corrected chi connectivity index (χ3v) is 5.62. The first-order valence-electron chi connectivity index (χ1n) is 11.2. The van der Waals surface area contributed by atoms with Crippen LogP contribution in [0.3, 0.4) is 0 Å². The molecular formula is C25H30N2O6. The minimum Gasteiger partial charge on any atom is -0.480 e. The molecule has 0 radical (unpaired) electrons. The van der Waals surface area contributed by atoms with E-state index in [4.69, 9.17) is 14.6 Å². The highest BCUT2D eigenvalue weighted by atomic mass is 16.5. The monoisotopic (exact) mass is 454 g/mol. The topological polar surface area (TPSA) is 114 Å². The summed E-state index contributed by atoms with van der Waals surface area (Å²) in [5, 5.41) is 14.0. The normalized spacial score (nSPS) is 13.0. The first kappa shape index (κ1) is 24.3. The van der Waals surface area contributed by atoms with Crippen LogP contribution in [0.15, 0.2) is 48.5 Å². The van der Waals surface area contributed by atoms with Crippen molar-refractivity contribution in [3.05, 3.63) is 59.7 Å². The minimum atomic E-state index is -1.06. The number of benzene rings is 2. The van der Waals surface area contributed by atoms with Gasteiger partial charge in [0.1, 0.15) is 13.2 Å². The largest absolute Gasteiger partial charge is 0.480 e. The molecule has 8 heteroatoms. The van der Waals surface area contributed by atoms with E-state index in [0.29, 0.717) is 6.42 Å². The van der Waals surface area contributed by atoms with E-state index >= 15 is 0 Å². The maximum atomic E-state index is 12.4. The van der Waals surface area contributed by atoms with Gasteiger partial charge in [-0.25, -0.2) is 9.59 Å². The van der Waals surface area contributed by atoms with Gasteiger partial charge in [-0.05, 0) is 28.7 Å². The Bertz CT molecular complexity index is 931. The summed E-state index contributed by atoms with van der Waals surface area (Å²) in [4.78, 5) is 35.2. The molecule has 0 saturated heterocycles. The summed E-state index contributed by atoms with van der Waals surface area (Å²) >= 11 is 0. The van der Waals surface area contributed by atoms with Gasteiger partial charge in [0.05, 0.1) is 12.5 Å². The smallest absolute Gasteiger partial charge is 0.407 e. The van der Waals surface area contributed by atoms with Crippen LogP contribution in [-0.4, -0.2) is 56.0 Å². The Morgan fingerprint density at radius 1 is 1.00 bits per heavy atom. The summed E-state index contributed by atoms with van der Waals surface area (Å²) in [6, 6.07) is 16.2. The Kier molecular flexibility index (Phi) is 8.83. The maximum absolute atomic E-state index is 12.4. The molecule has 1 aliphatic carbocycles. The van der Waals surface area contributed by atoms with Crippen molar-refractivity contribution in [1.29, 1.82) is 0 Å². The van der Waals surface area contributed by atoms with Crippen LogP contribution in [0.4, 0.5) is 4.79 Å². The van der Waals surface area contributed by atoms with Crippen LogP contribution in [0.1, 0.15) is 36.8 Å².